The molecule has 1 atom stereocenters. The van der Waals surface area contributed by atoms with E-state index >= 15 is 0 Å². The fraction of sp³-hybridized carbons (Fsp3) is 0.364. The molecule has 0 saturated carbocycles. The minimum Gasteiger partial charge on any atom is -0.504 e. The average Bonchev–Trinajstić information content (AvgIpc) is 2.30. The summed E-state index contributed by atoms with van der Waals surface area (Å²) in [6.07, 6.45) is 0.266. The highest BCUT2D eigenvalue weighted by Gasteiger charge is 2.15. The second kappa shape index (κ2) is 6.83. The first-order chi connectivity index (χ1) is 9.19. The van der Waals surface area contributed by atoms with E-state index < -0.39 is 20.7 Å². The number of phosphoric ester groups is 1. The Hall–Kier alpha value is -1.44. The summed E-state index contributed by atoms with van der Waals surface area (Å²) in [5, 5.41) is 9.67. The molecule has 0 amide bonds. The maximum absolute atomic E-state index is 11.0. The average molecular weight is 305 g/mol. The second-order valence-corrected chi connectivity index (χ2v) is 5.34. The second-order valence-electron chi connectivity index (χ2n) is 4.11. The largest absolute Gasteiger partial charge is 0.504 e. The quantitative estimate of drug-likeness (QED) is 0.416. The van der Waals surface area contributed by atoms with Crippen LogP contribution in [0.15, 0.2) is 18.2 Å². The molecular formula is C11H16NO7P. The zero-order valence-electron chi connectivity index (χ0n) is 10.7. The van der Waals surface area contributed by atoms with Gasteiger partial charge in [-0.2, -0.15) is 0 Å². The number of phenols is 1. The van der Waals surface area contributed by atoms with Crippen molar-refractivity contribution in [2.45, 2.75) is 19.4 Å². The van der Waals surface area contributed by atoms with E-state index in [1.165, 1.54) is 19.1 Å². The molecule has 0 radical (unpaired) electrons. The maximum atomic E-state index is 11.0. The van der Waals surface area contributed by atoms with Crippen LogP contribution in [0.5, 0.6) is 11.5 Å². The van der Waals surface area contributed by atoms with Gasteiger partial charge in [0.2, 0.25) is 6.79 Å². The van der Waals surface area contributed by atoms with Crippen LogP contribution >= 0.6 is 7.82 Å². The Kier molecular flexibility index (Phi) is 5.67. The fourth-order valence-electron chi connectivity index (χ4n) is 1.37. The molecule has 1 aromatic carbocycles. The zero-order valence-corrected chi connectivity index (χ0v) is 11.6. The fourth-order valence-corrected chi connectivity index (χ4v) is 1.56. The molecule has 0 aromatic heterocycles. The van der Waals surface area contributed by atoms with Crippen LogP contribution in [0.2, 0.25) is 0 Å². The third-order valence-corrected chi connectivity index (χ3v) is 2.88. The SMILES string of the molecule is CC(=O)[C@@H](N)Cc1ccc(OCOP(=O)(O)O)c(O)c1. The maximum Gasteiger partial charge on any atom is 0.472 e. The van der Waals surface area contributed by atoms with Gasteiger partial charge in [0.05, 0.1) is 6.04 Å². The van der Waals surface area contributed by atoms with Crippen molar-refractivity contribution in [3.8, 4) is 11.5 Å². The van der Waals surface area contributed by atoms with Gasteiger partial charge in [-0.1, -0.05) is 6.07 Å². The Morgan fingerprint density at radius 1 is 1.45 bits per heavy atom. The lowest BCUT2D eigenvalue weighted by molar-refractivity contribution is -0.118. The molecule has 0 saturated heterocycles. The number of Topliss-reactive ketones (excluding diaryl/α,β-unsaturated/α-hetero) is 1. The van der Waals surface area contributed by atoms with Gasteiger partial charge in [0, 0.05) is 0 Å². The van der Waals surface area contributed by atoms with E-state index in [2.05, 4.69) is 4.52 Å². The predicted octanol–water partition coefficient (Wildman–Crippen LogP) is 0.297. The van der Waals surface area contributed by atoms with Crippen molar-refractivity contribution in [2.24, 2.45) is 5.73 Å². The summed E-state index contributed by atoms with van der Waals surface area (Å²) in [5.74, 6) is -0.411. The zero-order chi connectivity index (χ0) is 15.3. The predicted molar refractivity (Wildman–Crippen MR) is 69.1 cm³/mol. The molecule has 0 unspecified atom stereocenters. The monoisotopic (exact) mass is 305 g/mol. The lowest BCUT2D eigenvalue weighted by Gasteiger charge is -2.11. The Morgan fingerprint density at radius 3 is 2.60 bits per heavy atom. The van der Waals surface area contributed by atoms with Crippen molar-refractivity contribution in [3.63, 3.8) is 0 Å². The number of phenolic OH excluding ortho intramolecular Hbond substituents is 1. The summed E-state index contributed by atoms with van der Waals surface area (Å²) in [7, 11) is -4.62. The van der Waals surface area contributed by atoms with Crippen molar-refractivity contribution in [1.82, 2.24) is 0 Å². The Bertz CT molecular complexity index is 528. The molecule has 0 bridgehead atoms. The van der Waals surface area contributed by atoms with Crippen LogP contribution in [0, 0.1) is 0 Å². The number of carbonyl (C=O) groups is 1. The molecule has 1 aromatic rings. The smallest absolute Gasteiger partial charge is 0.472 e. The van der Waals surface area contributed by atoms with E-state index in [-0.39, 0.29) is 23.7 Å². The van der Waals surface area contributed by atoms with E-state index in [4.69, 9.17) is 20.3 Å². The number of hydrogen-bond acceptors (Lipinski definition) is 6. The molecule has 8 nitrogen and oxygen atoms in total. The first kappa shape index (κ1) is 16.6. The van der Waals surface area contributed by atoms with Crippen LogP contribution in [0.25, 0.3) is 0 Å². The van der Waals surface area contributed by atoms with E-state index in [0.717, 1.165) is 0 Å². The van der Waals surface area contributed by atoms with Crippen LogP contribution in [-0.4, -0.2) is 33.5 Å². The standard InChI is InChI=1S/C11H16NO7P/c1-7(13)9(12)4-8-2-3-11(10(14)5-8)18-6-19-20(15,16)17/h2-3,5,9,14H,4,6,12H2,1H3,(H2,15,16,17)/t9-/m0/s1. The van der Waals surface area contributed by atoms with Crippen molar-refractivity contribution in [3.05, 3.63) is 23.8 Å². The van der Waals surface area contributed by atoms with Crippen LogP contribution in [-0.2, 0) is 20.3 Å². The van der Waals surface area contributed by atoms with Crippen molar-refractivity contribution in [1.29, 1.82) is 0 Å². The lowest BCUT2D eigenvalue weighted by Crippen LogP contribution is -2.30. The van der Waals surface area contributed by atoms with Gasteiger partial charge in [0.25, 0.3) is 0 Å². The van der Waals surface area contributed by atoms with Crippen LogP contribution < -0.4 is 10.5 Å². The van der Waals surface area contributed by atoms with E-state index in [1.807, 2.05) is 0 Å². The number of aromatic hydroxyl groups is 1. The van der Waals surface area contributed by atoms with Crippen molar-refractivity contribution in [2.75, 3.05) is 6.79 Å². The topological polar surface area (TPSA) is 139 Å². The van der Waals surface area contributed by atoms with Crippen LogP contribution in [0.3, 0.4) is 0 Å². The summed E-state index contributed by atoms with van der Waals surface area (Å²) < 4.78 is 19.4. The molecule has 9 heteroatoms. The van der Waals surface area contributed by atoms with Crippen molar-refractivity contribution >= 4 is 13.6 Å². The van der Waals surface area contributed by atoms with Gasteiger partial charge in [-0.3, -0.25) is 4.79 Å². The lowest BCUT2D eigenvalue weighted by atomic mass is 10.0. The molecular weight excluding hydrogens is 289 g/mol. The Morgan fingerprint density at radius 2 is 2.10 bits per heavy atom. The highest BCUT2D eigenvalue weighted by atomic mass is 31.2. The molecule has 0 heterocycles. The van der Waals surface area contributed by atoms with E-state index in [1.54, 1.807) is 6.07 Å². The van der Waals surface area contributed by atoms with Gasteiger partial charge in [0.15, 0.2) is 11.5 Å². The van der Waals surface area contributed by atoms with E-state index in [9.17, 15) is 14.5 Å². The summed E-state index contributed by atoms with van der Waals surface area (Å²) in [4.78, 5) is 28.0. The first-order valence-electron chi connectivity index (χ1n) is 5.60. The third kappa shape index (κ3) is 5.68. The van der Waals surface area contributed by atoms with Gasteiger partial charge >= 0.3 is 7.82 Å². The van der Waals surface area contributed by atoms with Gasteiger partial charge in [-0.05, 0) is 31.0 Å². The number of nitrogens with two attached hydrogens (primary N) is 1. The summed E-state index contributed by atoms with van der Waals surface area (Å²) in [6.45, 7) is 0.672. The van der Waals surface area contributed by atoms with Crippen LogP contribution in [0.1, 0.15) is 12.5 Å². The molecule has 1 rings (SSSR count). The number of benzene rings is 1. The summed E-state index contributed by atoms with van der Waals surface area (Å²) in [5.41, 5.74) is 6.23. The Balaban J connectivity index is 2.64. The molecule has 0 aliphatic carbocycles. The molecule has 0 fully saturated rings. The third-order valence-electron chi connectivity index (χ3n) is 2.44. The number of ketones is 1. The molecule has 112 valence electrons. The van der Waals surface area contributed by atoms with Gasteiger partial charge in [0.1, 0.15) is 5.78 Å². The van der Waals surface area contributed by atoms with E-state index in [0.29, 0.717) is 5.56 Å². The first-order valence-corrected chi connectivity index (χ1v) is 7.13. The summed E-state index contributed by atoms with van der Waals surface area (Å²) >= 11 is 0. The minimum atomic E-state index is -4.62. The van der Waals surface area contributed by atoms with Crippen molar-refractivity contribution < 1.29 is 33.5 Å². The molecule has 5 N–H and O–H groups in total. The van der Waals surface area contributed by atoms with Gasteiger partial charge in [-0.15, -0.1) is 0 Å². The number of phosphoric acid groups is 1. The molecule has 0 aliphatic rings. The highest BCUT2D eigenvalue weighted by molar-refractivity contribution is 7.46. The Labute approximate surface area is 115 Å². The summed E-state index contributed by atoms with van der Waals surface area (Å²) in [6, 6.07) is 3.67. The number of hydrogen-bond donors (Lipinski definition) is 4. The molecule has 20 heavy (non-hydrogen) atoms. The number of carbonyl (C=O) groups excluding carboxylic acids is 1. The van der Waals surface area contributed by atoms with Gasteiger partial charge in [-0.25, -0.2) is 9.09 Å². The number of ether oxygens (including phenoxy) is 1. The van der Waals surface area contributed by atoms with Crippen LogP contribution in [0.4, 0.5) is 0 Å². The normalized spacial score (nSPS) is 13.0. The molecule has 0 spiro atoms. The minimum absolute atomic E-state index is 0.00130. The highest BCUT2D eigenvalue weighted by Crippen LogP contribution is 2.36. The van der Waals surface area contributed by atoms with Gasteiger partial charge < -0.3 is 25.4 Å². The number of rotatable bonds is 7. The molecule has 0 aliphatic heterocycles.